The number of aromatic nitrogens is 4. The van der Waals surface area contributed by atoms with E-state index in [1.165, 1.54) is 23.9 Å². The Morgan fingerprint density at radius 2 is 2.10 bits per heavy atom. The summed E-state index contributed by atoms with van der Waals surface area (Å²) in [5.41, 5.74) is 0.955. The summed E-state index contributed by atoms with van der Waals surface area (Å²) in [6.45, 7) is 2.77. The Balaban J connectivity index is 1.45. The molecule has 0 unspecified atom stereocenters. The van der Waals surface area contributed by atoms with Gasteiger partial charge in [0, 0.05) is 30.2 Å². The number of thioether (sulfide) groups is 1. The Kier molecular flexibility index (Phi) is 6.38. The fraction of sp³-hybridized carbons (Fsp3) is 0.400. The van der Waals surface area contributed by atoms with Crippen molar-refractivity contribution in [3.63, 3.8) is 0 Å². The van der Waals surface area contributed by atoms with Crippen LogP contribution in [0.4, 0.5) is 10.2 Å². The lowest BCUT2D eigenvalue weighted by Gasteiger charge is -2.17. The fourth-order valence-electron chi connectivity index (χ4n) is 3.57. The van der Waals surface area contributed by atoms with Crippen molar-refractivity contribution in [1.82, 2.24) is 25.1 Å². The van der Waals surface area contributed by atoms with Crippen LogP contribution in [0, 0.1) is 5.82 Å². The first kappa shape index (κ1) is 20.9. The maximum atomic E-state index is 13.9. The maximum absolute atomic E-state index is 13.9. The average Bonchev–Trinajstić information content (AvgIpc) is 3.40. The number of nitrogens with one attached hydrogen (secondary N) is 1. The zero-order valence-corrected chi connectivity index (χ0v) is 18.1. The second kappa shape index (κ2) is 9.18. The van der Waals surface area contributed by atoms with Crippen molar-refractivity contribution in [2.45, 2.75) is 31.0 Å². The molecular weight excluding hydrogens is 427 g/mol. The molecule has 0 saturated carbocycles. The van der Waals surface area contributed by atoms with E-state index in [0.717, 1.165) is 42.8 Å². The van der Waals surface area contributed by atoms with E-state index in [9.17, 15) is 9.18 Å². The molecule has 1 fully saturated rings. The molecule has 0 bridgehead atoms. The number of hydrogen-bond acceptors (Lipinski definition) is 6. The van der Waals surface area contributed by atoms with E-state index in [2.05, 4.69) is 20.3 Å². The number of fused-ring (bicyclic) bond motifs is 1. The minimum Gasteiger partial charge on any atom is -0.356 e. The molecule has 3 aromatic rings. The second-order valence-corrected chi connectivity index (χ2v) is 8.24. The zero-order chi connectivity index (χ0) is 21.1. The van der Waals surface area contributed by atoms with Crippen LogP contribution in [0.15, 0.2) is 29.6 Å². The second-order valence-electron chi connectivity index (χ2n) is 7.06. The van der Waals surface area contributed by atoms with E-state index in [-0.39, 0.29) is 22.9 Å². The van der Waals surface area contributed by atoms with Crippen molar-refractivity contribution < 1.29 is 9.18 Å². The summed E-state index contributed by atoms with van der Waals surface area (Å²) in [5.74, 6) is 0.147. The smallest absolute Gasteiger partial charge is 0.224 e. The lowest BCUT2D eigenvalue weighted by Crippen LogP contribution is -2.29. The predicted octanol–water partition coefficient (Wildman–Crippen LogP) is 3.30. The van der Waals surface area contributed by atoms with Gasteiger partial charge >= 0.3 is 0 Å². The van der Waals surface area contributed by atoms with Gasteiger partial charge in [-0.15, -0.1) is 0 Å². The molecule has 1 N–H and O–H groups in total. The van der Waals surface area contributed by atoms with Gasteiger partial charge in [0.05, 0.1) is 24.5 Å². The third-order valence-corrected chi connectivity index (χ3v) is 5.99. The van der Waals surface area contributed by atoms with Crippen molar-refractivity contribution in [3.05, 3.63) is 40.8 Å². The van der Waals surface area contributed by atoms with Crippen molar-refractivity contribution >= 4 is 46.1 Å². The van der Waals surface area contributed by atoms with Crippen molar-refractivity contribution in [3.8, 4) is 0 Å². The van der Waals surface area contributed by atoms with Gasteiger partial charge < -0.3 is 10.2 Å². The summed E-state index contributed by atoms with van der Waals surface area (Å²) in [4.78, 5) is 23.8. The van der Waals surface area contributed by atoms with E-state index in [1.807, 2.05) is 6.26 Å². The Morgan fingerprint density at radius 1 is 1.30 bits per heavy atom. The van der Waals surface area contributed by atoms with Gasteiger partial charge in [0.1, 0.15) is 11.6 Å². The first-order valence-electron chi connectivity index (χ1n) is 9.79. The van der Waals surface area contributed by atoms with E-state index in [4.69, 9.17) is 16.6 Å². The summed E-state index contributed by atoms with van der Waals surface area (Å²) < 4.78 is 15.6. The van der Waals surface area contributed by atoms with Gasteiger partial charge in [0.15, 0.2) is 10.8 Å². The van der Waals surface area contributed by atoms with Gasteiger partial charge in [-0.3, -0.25) is 4.79 Å². The Bertz CT molecular complexity index is 1050. The number of carbonyl (C=O) groups is 1. The van der Waals surface area contributed by atoms with Gasteiger partial charge in [0.2, 0.25) is 5.91 Å². The molecule has 3 heterocycles. The highest BCUT2D eigenvalue weighted by Crippen LogP contribution is 2.28. The first-order valence-corrected chi connectivity index (χ1v) is 11.4. The van der Waals surface area contributed by atoms with Crippen LogP contribution >= 0.6 is 23.4 Å². The molecule has 158 valence electrons. The molecule has 1 aliphatic rings. The summed E-state index contributed by atoms with van der Waals surface area (Å²) in [6.07, 6.45) is 5.94. The lowest BCUT2D eigenvalue weighted by molar-refractivity contribution is -0.120. The molecule has 1 saturated heterocycles. The molecule has 1 aliphatic heterocycles. The Hall–Kier alpha value is -2.39. The monoisotopic (exact) mass is 448 g/mol. The van der Waals surface area contributed by atoms with E-state index < -0.39 is 5.82 Å². The van der Waals surface area contributed by atoms with Gasteiger partial charge in [-0.25, -0.2) is 19.0 Å². The van der Waals surface area contributed by atoms with Gasteiger partial charge in [-0.05, 0) is 31.2 Å². The fourth-order valence-corrected chi connectivity index (χ4v) is 4.16. The zero-order valence-electron chi connectivity index (χ0n) is 16.6. The molecule has 1 amide bonds. The third kappa shape index (κ3) is 4.37. The molecule has 0 atom stereocenters. The summed E-state index contributed by atoms with van der Waals surface area (Å²) in [5, 5.41) is 9.12. The normalized spacial score (nSPS) is 13.9. The van der Waals surface area contributed by atoms with Crippen LogP contribution in [0.5, 0.6) is 0 Å². The highest BCUT2D eigenvalue weighted by Gasteiger charge is 2.20. The van der Waals surface area contributed by atoms with Gasteiger partial charge in [-0.1, -0.05) is 29.4 Å². The highest BCUT2D eigenvalue weighted by atomic mass is 35.5. The van der Waals surface area contributed by atoms with Crippen molar-refractivity contribution in [2.75, 3.05) is 30.8 Å². The molecule has 0 spiro atoms. The molecule has 7 nitrogen and oxygen atoms in total. The molecule has 10 heteroatoms. The quantitative estimate of drug-likeness (QED) is 0.441. The lowest BCUT2D eigenvalue weighted by atomic mass is 10.1. The number of hydrogen-bond donors (Lipinski definition) is 1. The molecule has 0 aliphatic carbocycles. The predicted molar refractivity (Wildman–Crippen MR) is 117 cm³/mol. The number of amides is 1. The van der Waals surface area contributed by atoms with Crippen LogP contribution in [0.1, 0.15) is 18.4 Å². The van der Waals surface area contributed by atoms with Crippen LogP contribution < -0.4 is 10.2 Å². The minimum absolute atomic E-state index is 0.108. The Labute approximate surface area is 183 Å². The van der Waals surface area contributed by atoms with E-state index in [0.29, 0.717) is 18.2 Å². The number of nitrogens with zero attached hydrogens (tertiary/aromatic N) is 5. The van der Waals surface area contributed by atoms with Gasteiger partial charge in [0.25, 0.3) is 0 Å². The first-order chi connectivity index (χ1) is 14.6. The highest BCUT2D eigenvalue weighted by molar-refractivity contribution is 7.98. The third-order valence-electron chi connectivity index (χ3n) is 5.09. The summed E-state index contributed by atoms with van der Waals surface area (Å²) in [6, 6.07) is 4.39. The van der Waals surface area contributed by atoms with E-state index in [1.54, 1.807) is 16.9 Å². The van der Waals surface area contributed by atoms with Crippen LogP contribution in [0.3, 0.4) is 0 Å². The number of rotatable bonds is 7. The summed E-state index contributed by atoms with van der Waals surface area (Å²) >= 11 is 7.49. The maximum Gasteiger partial charge on any atom is 0.224 e. The standard InChI is InChI=1S/C20H22ClFN6OS/c1-30-20-25-18(27-8-2-3-9-27)14-12-24-28(19(14)26-20)10-7-23-17(29)11-13-15(21)5-4-6-16(13)22/h4-6,12H,2-3,7-11H2,1H3,(H,23,29). The van der Waals surface area contributed by atoms with Crippen molar-refractivity contribution in [2.24, 2.45) is 0 Å². The number of halogens is 2. The number of anilines is 1. The largest absolute Gasteiger partial charge is 0.356 e. The van der Waals surface area contributed by atoms with Crippen LogP contribution in [-0.2, 0) is 17.8 Å². The van der Waals surface area contributed by atoms with Crippen molar-refractivity contribution in [1.29, 1.82) is 0 Å². The molecule has 30 heavy (non-hydrogen) atoms. The van der Waals surface area contributed by atoms with Crippen LogP contribution in [0.2, 0.25) is 5.02 Å². The molecule has 1 aromatic carbocycles. The topological polar surface area (TPSA) is 75.9 Å². The number of benzene rings is 1. The van der Waals surface area contributed by atoms with E-state index >= 15 is 0 Å². The number of carbonyl (C=O) groups excluding carboxylic acids is 1. The summed E-state index contributed by atoms with van der Waals surface area (Å²) in [7, 11) is 0. The Morgan fingerprint density at radius 3 is 2.83 bits per heavy atom. The van der Waals surface area contributed by atoms with Gasteiger partial charge in [-0.2, -0.15) is 5.10 Å². The molecule has 2 aromatic heterocycles. The molecular formula is C20H22ClFN6OS. The molecule has 4 rings (SSSR count). The average molecular weight is 449 g/mol. The molecule has 0 radical (unpaired) electrons. The SMILES string of the molecule is CSc1nc(N2CCCC2)c2cnn(CCNC(=O)Cc3c(F)cccc3Cl)c2n1. The van der Waals surface area contributed by atoms with Crippen LogP contribution in [-0.4, -0.2) is 51.5 Å². The van der Waals surface area contributed by atoms with Crippen LogP contribution in [0.25, 0.3) is 11.0 Å². The minimum atomic E-state index is -0.480.